The van der Waals surface area contributed by atoms with Gasteiger partial charge in [0, 0.05) is 12.5 Å². The molecule has 1 aromatic carbocycles. The molecule has 0 amide bonds. The van der Waals surface area contributed by atoms with E-state index in [2.05, 4.69) is 0 Å². The molecule has 0 heterocycles. The number of hydrogen-bond acceptors (Lipinski definition) is 2. The zero-order chi connectivity index (χ0) is 10.0. The molecule has 0 fully saturated rings. The van der Waals surface area contributed by atoms with Crippen molar-refractivity contribution in [2.45, 2.75) is 6.92 Å². The van der Waals surface area contributed by atoms with Gasteiger partial charge in [0.15, 0.2) is 5.78 Å². The van der Waals surface area contributed by atoms with E-state index < -0.39 is 11.6 Å². The van der Waals surface area contributed by atoms with Crippen LogP contribution in [0.15, 0.2) is 18.2 Å². The van der Waals surface area contributed by atoms with Crippen LogP contribution in [0.1, 0.15) is 17.3 Å². The first-order valence-corrected chi connectivity index (χ1v) is 4.28. The average molecular weight is 217 g/mol. The standard InChI is InChI=1S/C9H6Cl2O2/c1-5(12)9(13)6-2-3-7(10)8(11)4-6/h2-4H,1H3. The van der Waals surface area contributed by atoms with Crippen molar-refractivity contribution in [2.24, 2.45) is 0 Å². The Hall–Kier alpha value is -0.860. The Morgan fingerprint density at radius 3 is 2.23 bits per heavy atom. The second-order valence-corrected chi connectivity index (χ2v) is 3.33. The molecule has 0 spiro atoms. The zero-order valence-electron chi connectivity index (χ0n) is 6.80. The molecule has 0 aliphatic heterocycles. The quantitative estimate of drug-likeness (QED) is 0.563. The number of halogens is 2. The van der Waals surface area contributed by atoms with Crippen molar-refractivity contribution in [2.75, 3.05) is 0 Å². The minimum Gasteiger partial charge on any atom is -0.291 e. The first kappa shape index (κ1) is 10.2. The van der Waals surface area contributed by atoms with E-state index in [4.69, 9.17) is 23.2 Å². The Bertz CT molecular complexity index is 372. The third kappa shape index (κ3) is 2.29. The van der Waals surface area contributed by atoms with Crippen LogP contribution in [-0.2, 0) is 4.79 Å². The van der Waals surface area contributed by atoms with Crippen LogP contribution in [0, 0.1) is 0 Å². The van der Waals surface area contributed by atoms with E-state index in [-0.39, 0.29) is 10.6 Å². The van der Waals surface area contributed by atoms with E-state index in [1.54, 1.807) is 0 Å². The summed E-state index contributed by atoms with van der Waals surface area (Å²) < 4.78 is 0. The molecule has 0 unspecified atom stereocenters. The lowest BCUT2D eigenvalue weighted by molar-refractivity contribution is -0.113. The lowest BCUT2D eigenvalue weighted by Crippen LogP contribution is -2.09. The topological polar surface area (TPSA) is 34.1 Å². The van der Waals surface area contributed by atoms with Gasteiger partial charge in [-0.05, 0) is 18.2 Å². The van der Waals surface area contributed by atoms with Gasteiger partial charge in [-0.25, -0.2) is 0 Å². The van der Waals surface area contributed by atoms with E-state index >= 15 is 0 Å². The smallest absolute Gasteiger partial charge is 0.228 e. The van der Waals surface area contributed by atoms with Gasteiger partial charge >= 0.3 is 0 Å². The lowest BCUT2D eigenvalue weighted by Gasteiger charge is -1.98. The molecule has 0 saturated carbocycles. The maximum Gasteiger partial charge on any atom is 0.228 e. The number of benzene rings is 1. The maximum atomic E-state index is 11.2. The SMILES string of the molecule is CC(=O)C(=O)c1ccc(Cl)c(Cl)c1. The van der Waals surface area contributed by atoms with Crippen molar-refractivity contribution < 1.29 is 9.59 Å². The average Bonchev–Trinajstić information content (AvgIpc) is 2.08. The van der Waals surface area contributed by atoms with Crippen LogP contribution in [0.4, 0.5) is 0 Å². The largest absolute Gasteiger partial charge is 0.291 e. The Labute approximate surface area is 85.5 Å². The van der Waals surface area contributed by atoms with E-state index in [0.717, 1.165) is 0 Å². The Morgan fingerprint density at radius 2 is 1.77 bits per heavy atom. The van der Waals surface area contributed by atoms with Gasteiger partial charge in [-0.1, -0.05) is 23.2 Å². The second-order valence-electron chi connectivity index (χ2n) is 2.51. The molecule has 0 aliphatic rings. The molecule has 0 radical (unpaired) electrons. The molecule has 4 heteroatoms. The molecule has 2 nitrogen and oxygen atoms in total. The van der Waals surface area contributed by atoms with Crippen LogP contribution < -0.4 is 0 Å². The predicted octanol–water partition coefficient (Wildman–Crippen LogP) is 2.77. The number of rotatable bonds is 2. The van der Waals surface area contributed by atoms with Gasteiger partial charge in [0.2, 0.25) is 5.78 Å². The van der Waals surface area contributed by atoms with E-state index in [9.17, 15) is 9.59 Å². The third-order valence-corrected chi connectivity index (χ3v) is 2.24. The Morgan fingerprint density at radius 1 is 1.15 bits per heavy atom. The summed E-state index contributed by atoms with van der Waals surface area (Å²) in [6.07, 6.45) is 0. The van der Waals surface area contributed by atoms with E-state index in [1.165, 1.54) is 25.1 Å². The fourth-order valence-corrected chi connectivity index (χ4v) is 1.14. The number of hydrogen-bond donors (Lipinski definition) is 0. The second kappa shape index (κ2) is 3.90. The van der Waals surface area contributed by atoms with Crippen molar-refractivity contribution in [3.63, 3.8) is 0 Å². The predicted molar refractivity (Wildman–Crippen MR) is 51.5 cm³/mol. The zero-order valence-corrected chi connectivity index (χ0v) is 8.32. The van der Waals surface area contributed by atoms with E-state index in [1.807, 2.05) is 0 Å². The minimum atomic E-state index is -0.557. The summed E-state index contributed by atoms with van der Waals surface area (Å²) in [7, 11) is 0. The van der Waals surface area contributed by atoms with E-state index in [0.29, 0.717) is 5.02 Å². The summed E-state index contributed by atoms with van der Waals surface area (Å²) in [5.74, 6) is -1.07. The van der Waals surface area contributed by atoms with Crippen LogP contribution in [0.3, 0.4) is 0 Å². The molecule has 68 valence electrons. The summed E-state index contributed by atoms with van der Waals surface area (Å²) in [5.41, 5.74) is 0.266. The van der Waals surface area contributed by atoms with Crippen molar-refractivity contribution in [3.05, 3.63) is 33.8 Å². The van der Waals surface area contributed by atoms with Crippen molar-refractivity contribution in [1.82, 2.24) is 0 Å². The van der Waals surface area contributed by atoms with Crippen molar-refractivity contribution in [1.29, 1.82) is 0 Å². The number of carbonyl (C=O) groups excluding carboxylic acids is 2. The highest BCUT2D eigenvalue weighted by atomic mass is 35.5. The van der Waals surface area contributed by atoms with Crippen LogP contribution in [0.25, 0.3) is 0 Å². The molecule has 1 rings (SSSR count). The fraction of sp³-hybridized carbons (Fsp3) is 0.111. The van der Waals surface area contributed by atoms with Gasteiger partial charge in [0.1, 0.15) is 0 Å². The first-order chi connectivity index (χ1) is 6.02. The molecule has 0 saturated heterocycles. The molecule has 1 aromatic rings. The highest BCUT2D eigenvalue weighted by molar-refractivity contribution is 6.45. The number of carbonyl (C=O) groups is 2. The molecule has 13 heavy (non-hydrogen) atoms. The summed E-state index contributed by atoms with van der Waals surface area (Å²) in [6.45, 7) is 1.21. The van der Waals surface area contributed by atoms with Gasteiger partial charge < -0.3 is 0 Å². The van der Waals surface area contributed by atoms with Gasteiger partial charge in [0.05, 0.1) is 10.0 Å². The summed E-state index contributed by atoms with van der Waals surface area (Å²) in [5, 5.41) is 0.635. The molecular weight excluding hydrogens is 211 g/mol. The summed E-state index contributed by atoms with van der Waals surface area (Å²) >= 11 is 11.3. The summed E-state index contributed by atoms with van der Waals surface area (Å²) in [4.78, 5) is 21.9. The highest BCUT2D eigenvalue weighted by Crippen LogP contribution is 2.22. The lowest BCUT2D eigenvalue weighted by atomic mass is 10.1. The normalized spacial score (nSPS) is 9.77. The van der Waals surface area contributed by atoms with Crippen molar-refractivity contribution >= 4 is 34.8 Å². The molecule has 0 aliphatic carbocycles. The minimum absolute atomic E-state index is 0.266. The van der Waals surface area contributed by atoms with Crippen LogP contribution in [-0.4, -0.2) is 11.6 Å². The molecule has 0 atom stereocenters. The van der Waals surface area contributed by atoms with Gasteiger partial charge in [0.25, 0.3) is 0 Å². The monoisotopic (exact) mass is 216 g/mol. The number of Topliss-reactive ketones (excluding diaryl/α,β-unsaturated/α-hetero) is 2. The van der Waals surface area contributed by atoms with Gasteiger partial charge in [-0.2, -0.15) is 0 Å². The highest BCUT2D eigenvalue weighted by Gasteiger charge is 2.11. The summed E-state index contributed by atoms with van der Waals surface area (Å²) in [6, 6.07) is 4.34. The molecule has 0 aromatic heterocycles. The number of ketones is 2. The third-order valence-electron chi connectivity index (χ3n) is 1.50. The fourth-order valence-electron chi connectivity index (χ4n) is 0.841. The van der Waals surface area contributed by atoms with Gasteiger partial charge in [-0.3, -0.25) is 9.59 Å². The Kier molecular flexibility index (Phi) is 3.07. The molecule has 0 N–H and O–H groups in total. The maximum absolute atomic E-state index is 11.2. The first-order valence-electron chi connectivity index (χ1n) is 3.52. The van der Waals surface area contributed by atoms with Crippen LogP contribution in [0.5, 0.6) is 0 Å². The van der Waals surface area contributed by atoms with Gasteiger partial charge in [-0.15, -0.1) is 0 Å². The van der Waals surface area contributed by atoms with Crippen LogP contribution in [0.2, 0.25) is 10.0 Å². The van der Waals surface area contributed by atoms with Crippen LogP contribution >= 0.6 is 23.2 Å². The van der Waals surface area contributed by atoms with Crippen molar-refractivity contribution in [3.8, 4) is 0 Å². The molecule has 0 bridgehead atoms. The Balaban J connectivity index is 3.11. The molecular formula is C9H6Cl2O2.